The maximum atomic E-state index is 4.13. The van der Waals surface area contributed by atoms with Crippen LogP contribution in [0.5, 0.6) is 0 Å². The van der Waals surface area contributed by atoms with Crippen molar-refractivity contribution in [2.24, 2.45) is 0 Å². The van der Waals surface area contributed by atoms with Gasteiger partial charge in [-0.05, 0) is 31.5 Å². The molecule has 1 heterocycles. The van der Waals surface area contributed by atoms with E-state index in [1.807, 2.05) is 18.5 Å². The van der Waals surface area contributed by atoms with E-state index in [4.69, 9.17) is 0 Å². The zero-order valence-electron chi connectivity index (χ0n) is 10.6. The van der Waals surface area contributed by atoms with Crippen LogP contribution in [-0.4, -0.2) is 11.5 Å². The van der Waals surface area contributed by atoms with E-state index in [9.17, 15) is 0 Å². The second kappa shape index (κ2) is 8.28. The number of rotatable bonds is 8. The quantitative estimate of drug-likeness (QED) is 0.676. The lowest BCUT2D eigenvalue weighted by Gasteiger charge is -2.13. The van der Waals surface area contributed by atoms with Crippen LogP contribution in [0.3, 0.4) is 0 Å². The molecular formula is C14H24N2. The van der Waals surface area contributed by atoms with Crippen LogP contribution in [0.1, 0.15) is 57.6 Å². The molecule has 0 fully saturated rings. The fraction of sp³-hybridized carbons (Fsp3) is 0.643. The molecule has 0 unspecified atom stereocenters. The second-order valence-corrected chi connectivity index (χ2v) is 4.38. The van der Waals surface area contributed by atoms with E-state index in [0.717, 1.165) is 6.54 Å². The number of unbranched alkanes of at least 4 members (excludes halogenated alkanes) is 4. The number of hydrogen-bond donors (Lipinski definition) is 1. The van der Waals surface area contributed by atoms with Gasteiger partial charge in [0.1, 0.15) is 0 Å². The van der Waals surface area contributed by atoms with Gasteiger partial charge in [0, 0.05) is 18.4 Å². The van der Waals surface area contributed by atoms with Crippen molar-refractivity contribution < 1.29 is 0 Å². The first-order chi connectivity index (χ1) is 7.84. The van der Waals surface area contributed by atoms with E-state index < -0.39 is 0 Å². The lowest BCUT2D eigenvalue weighted by molar-refractivity contribution is 0.530. The molecule has 0 aliphatic heterocycles. The highest BCUT2D eigenvalue weighted by Crippen LogP contribution is 2.10. The number of nitrogens with zero attached hydrogens (tertiary/aromatic N) is 1. The van der Waals surface area contributed by atoms with Crippen molar-refractivity contribution in [2.45, 2.75) is 52.0 Å². The fourth-order valence-electron chi connectivity index (χ4n) is 1.80. The fourth-order valence-corrected chi connectivity index (χ4v) is 1.80. The van der Waals surface area contributed by atoms with Crippen LogP contribution in [0.4, 0.5) is 0 Å². The molecule has 2 heteroatoms. The van der Waals surface area contributed by atoms with Gasteiger partial charge in [0.2, 0.25) is 0 Å². The second-order valence-electron chi connectivity index (χ2n) is 4.38. The normalized spacial score (nSPS) is 12.6. The van der Waals surface area contributed by atoms with Crippen molar-refractivity contribution in [1.82, 2.24) is 10.3 Å². The summed E-state index contributed by atoms with van der Waals surface area (Å²) >= 11 is 0. The molecule has 16 heavy (non-hydrogen) atoms. The summed E-state index contributed by atoms with van der Waals surface area (Å²) in [5.41, 5.74) is 1.27. The molecule has 0 aromatic carbocycles. The topological polar surface area (TPSA) is 24.9 Å². The van der Waals surface area contributed by atoms with Crippen LogP contribution in [0, 0.1) is 0 Å². The van der Waals surface area contributed by atoms with Crippen LogP contribution in [0.25, 0.3) is 0 Å². The van der Waals surface area contributed by atoms with E-state index in [1.165, 1.54) is 37.7 Å². The Hall–Kier alpha value is -0.890. The third-order valence-corrected chi connectivity index (χ3v) is 2.92. The molecule has 2 nitrogen and oxygen atoms in total. The van der Waals surface area contributed by atoms with Crippen molar-refractivity contribution in [3.05, 3.63) is 30.1 Å². The molecule has 0 amide bonds. The Labute approximate surface area is 99.5 Å². The SMILES string of the molecule is CCCCCCCN[C@@H](C)c1cccnc1. The monoisotopic (exact) mass is 220 g/mol. The molecule has 0 radical (unpaired) electrons. The van der Waals surface area contributed by atoms with Gasteiger partial charge in [-0.1, -0.05) is 38.7 Å². The molecule has 0 saturated heterocycles. The lowest BCUT2D eigenvalue weighted by atomic mass is 10.1. The van der Waals surface area contributed by atoms with E-state index >= 15 is 0 Å². The molecule has 1 atom stereocenters. The van der Waals surface area contributed by atoms with Gasteiger partial charge in [-0.15, -0.1) is 0 Å². The van der Waals surface area contributed by atoms with Gasteiger partial charge in [0.15, 0.2) is 0 Å². The van der Waals surface area contributed by atoms with Crippen molar-refractivity contribution >= 4 is 0 Å². The minimum absolute atomic E-state index is 0.417. The summed E-state index contributed by atoms with van der Waals surface area (Å²) in [5, 5.41) is 3.54. The average Bonchev–Trinajstić information content (AvgIpc) is 2.34. The predicted octanol–water partition coefficient (Wildman–Crippen LogP) is 3.70. The highest BCUT2D eigenvalue weighted by atomic mass is 14.9. The molecule has 1 rings (SSSR count). The smallest absolute Gasteiger partial charge is 0.0315 e. The Morgan fingerprint density at radius 1 is 1.25 bits per heavy atom. The highest BCUT2D eigenvalue weighted by Gasteiger charge is 2.02. The summed E-state index contributed by atoms with van der Waals surface area (Å²) in [5.74, 6) is 0. The van der Waals surface area contributed by atoms with Crippen molar-refractivity contribution in [2.75, 3.05) is 6.54 Å². The maximum Gasteiger partial charge on any atom is 0.0315 e. The largest absolute Gasteiger partial charge is 0.310 e. The van der Waals surface area contributed by atoms with Crippen LogP contribution in [-0.2, 0) is 0 Å². The van der Waals surface area contributed by atoms with E-state index in [1.54, 1.807) is 0 Å². The van der Waals surface area contributed by atoms with Gasteiger partial charge in [-0.3, -0.25) is 4.98 Å². The molecule has 0 bridgehead atoms. The Morgan fingerprint density at radius 2 is 2.06 bits per heavy atom. The molecule has 0 aliphatic rings. The van der Waals surface area contributed by atoms with Crippen LogP contribution >= 0.6 is 0 Å². The van der Waals surface area contributed by atoms with Gasteiger partial charge >= 0.3 is 0 Å². The maximum absolute atomic E-state index is 4.13. The average molecular weight is 220 g/mol. The highest BCUT2D eigenvalue weighted by molar-refractivity contribution is 5.12. The van der Waals surface area contributed by atoms with E-state index in [0.29, 0.717) is 6.04 Å². The van der Waals surface area contributed by atoms with Gasteiger partial charge < -0.3 is 5.32 Å². The molecule has 0 aliphatic carbocycles. The van der Waals surface area contributed by atoms with Crippen LogP contribution < -0.4 is 5.32 Å². The number of hydrogen-bond acceptors (Lipinski definition) is 2. The van der Waals surface area contributed by atoms with Gasteiger partial charge in [0.05, 0.1) is 0 Å². The number of nitrogens with one attached hydrogen (secondary N) is 1. The third-order valence-electron chi connectivity index (χ3n) is 2.92. The summed E-state index contributed by atoms with van der Waals surface area (Å²) in [4.78, 5) is 4.13. The van der Waals surface area contributed by atoms with Crippen molar-refractivity contribution in [1.29, 1.82) is 0 Å². The summed E-state index contributed by atoms with van der Waals surface area (Å²) < 4.78 is 0. The Balaban J connectivity index is 2.09. The first-order valence-corrected chi connectivity index (χ1v) is 6.48. The lowest BCUT2D eigenvalue weighted by Crippen LogP contribution is -2.19. The molecule has 1 aromatic heterocycles. The first kappa shape index (κ1) is 13.2. The third kappa shape index (κ3) is 5.26. The molecular weight excluding hydrogens is 196 g/mol. The summed E-state index contributed by atoms with van der Waals surface area (Å²) in [6.45, 7) is 5.56. The molecule has 1 N–H and O–H groups in total. The summed E-state index contributed by atoms with van der Waals surface area (Å²) in [6.07, 6.45) is 10.5. The summed E-state index contributed by atoms with van der Waals surface area (Å²) in [6, 6.07) is 4.54. The summed E-state index contributed by atoms with van der Waals surface area (Å²) in [7, 11) is 0. The van der Waals surface area contributed by atoms with E-state index in [-0.39, 0.29) is 0 Å². The van der Waals surface area contributed by atoms with Crippen LogP contribution in [0.2, 0.25) is 0 Å². The zero-order chi connectivity index (χ0) is 11.6. The van der Waals surface area contributed by atoms with Gasteiger partial charge in [0.25, 0.3) is 0 Å². The molecule has 1 aromatic rings. The number of aromatic nitrogens is 1. The van der Waals surface area contributed by atoms with Crippen molar-refractivity contribution in [3.63, 3.8) is 0 Å². The van der Waals surface area contributed by atoms with Gasteiger partial charge in [-0.2, -0.15) is 0 Å². The minimum atomic E-state index is 0.417. The van der Waals surface area contributed by atoms with Gasteiger partial charge in [-0.25, -0.2) is 0 Å². The zero-order valence-corrected chi connectivity index (χ0v) is 10.6. The molecule has 0 saturated carbocycles. The van der Waals surface area contributed by atoms with Crippen LogP contribution in [0.15, 0.2) is 24.5 Å². The standard InChI is InChI=1S/C14H24N2/c1-3-4-5-6-7-11-16-13(2)14-9-8-10-15-12-14/h8-10,12-13,16H,3-7,11H2,1-2H3/t13-/m0/s1. The molecule has 0 spiro atoms. The predicted molar refractivity (Wildman–Crippen MR) is 69.4 cm³/mol. The number of pyridine rings is 1. The molecule has 90 valence electrons. The Bertz CT molecular complexity index is 259. The minimum Gasteiger partial charge on any atom is -0.310 e. The first-order valence-electron chi connectivity index (χ1n) is 6.48. The Kier molecular flexibility index (Phi) is 6.82. The Morgan fingerprint density at radius 3 is 2.75 bits per heavy atom. The van der Waals surface area contributed by atoms with E-state index in [2.05, 4.69) is 30.2 Å². The van der Waals surface area contributed by atoms with Crippen molar-refractivity contribution in [3.8, 4) is 0 Å².